The summed E-state index contributed by atoms with van der Waals surface area (Å²) in [6, 6.07) is 11.0. The molecule has 3 N–H and O–H groups in total. The Balaban J connectivity index is 1.34. The second-order valence-corrected chi connectivity index (χ2v) is 17.8. The maximum atomic E-state index is 14.1. The highest BCUT2D eigenvalue weighted by Gasteiger charge is 2.50. The van der Waals surface area contributed by atoms with E-state index >= 15 is 0 Å². The maximum absolute atomic E-state index is 14.1. The molecular formula is C38H49ClN4O7S. The second kappa shape index (κ2) is 13.7. The third kappa shape index (κ3) is 6.78. The molecule has 1 unspecified atom stereocenters. The maximum Gasteiger partial charge on any atom is 0.303 e. The van der Waals surface area contributed by atoms with E-state index in [4.69, 9.17) is 16.3 Å². The highest BCUT2D eigenvalue weighted by Crippen LogP contribution is 2.52. The molecule has 0 radical (unpaired) electrons. The standard InChI is InChI=1S/C38H49ClN4O7S/c1-36-16-14-30(36)32(44)9-3-4-17-41(2)34(45)22-38(47,35(46)40-51(48,49)43-18-5-6-19-43)27-10-13-33-31(21-27)42(23-36)24-37(25-50-33)15-7-8-26-20-28(39)11-12-29(26)37/h3,9-13,20-21,30,32,44,47H,4-8,14-19,22-25H2,1-2H3,(H,40,46)/b9-3+/t30-,32-,36?,37-,38+/m0/s1. The highest BCUT2D eigenvalue weighted by atomic mass is 35.5. The smallest absolute Gasteiger partial charge is 0.303 e. The number of aryl methyl sites for hydroxylation is 1. The van der Waals surface area contributed by atoms with Crippen LogP contribution in [0.4, 0.5) is 5.69 Å². The summed E-state index contributed by atoms with van der Waals surface area (Å²) >= 11 is 6.45. The van der Waals surface area contributed by atoms with Gasteiger partial charge in [0.05, 0.1) is 24.8 Å². The molecule has 51 heavy (non-hydrogen) atoms. The Kier molecular flexibility index (Phi) is 9.71. The number of carbonyl (C=O) groups is 2. The molecule has 2 aromatic carbocycles. The van der Waals surface area contributed by atoms with E-state index in [1.54, 1.807) is 25.2 Å². The van der Waals surface area contributed by atoms with Gasteiger partial charge in [0, 0.05) is 50.2 Å². The van der Waals surface area contributed by atoms with Crippen molar-refractivity contribution in [3.63, 3.8) is 0 Å². The molecule has 2 fully saturated rings. The largest absolute Gasteiger partial charge is 0.490 e. The summed E-state index contributed by atoms with van der Waals surface area (Å²) in [6.07, 6.45) is 8.72. The van der Waals surface area contributed by atoms with Gasteiger partial charge >= 0.3 is 10.2 Å². The average Bonchev–Trinajstić information content (AvgIpc) is 3.60. The quantitative estimate of drug-likeness (QED) is 0.401. The van der Waals surface area contributed by atoms with E-state index in [1.165, 1.54) is 20.3 Å². The topological polar surface area (TPSA) is 140 Å². The van der Waals surface area contributed by atoms with E-state index in [-0.39, 0.29) is 41.9 Å². The van der Waals surface area contributed by atoms with Gasteiger partial charge in [0.15, 0.2) is 5.60 Å². The molecule has 11 nitrogen and oxygen atoms in total. The number of fused-ring (bicyclic) bond motifs is 4. The van der Waals surface area contributed by atoms with Gasteiger partial charge in [-0.25, -0.2) is 4.72 Å². The van der Waals surface area contributed by atoms with E-state index in [1.807, 2.05) is 24.3 Å². The molecule has 2 amide bonds. The van der Waals surface area contributed by atoms with Crippen LogP contribution < -0.4 is 14.4 Å². The van der Waals surface area contributed by atoms with Gasteiger partial charge in [-0.05, 0) is 104 Å². The molecule has 5 atom stereocenters. The number of halogens is 1. The first kappa shape index (κ1) is 36.2. The fourth-order valence-electron chi connectivity index (χ4n) is 8.99. The van der Waals surface area contributed by atoms with Crippen LogP contribution in [0.1, 0.15) is 75.0 Å². The molecular weight excluding hydrogens is 692 g/mol. The number of ether oxygens (including phenoxy) is 1. The van der Waals surface area contributed by atoms with Crippen LogP contribution in [0.5, 0.6) is 5.75 Å². The monoisotopic (exact) mass is 740 g/mol. The van der Waals surface area contributed by atoms with Gasteiger partial charge in [-0.1, -0.05) is 42.8 Å². The zero-order valence-corrected chi connectivity index (χ0v) is 31.0. The number of benzene rings is 2. The Morgan fingerprint density at radius 1 is 1.06 bits per heavy atom. The molecule has 2 aliphatic carbocycles. The van der Waals surface area contributed by atoms with Crippen LogP contribution in [0, 0.1) is 11.3 Å². The summed E-state index contributed by atoms with van der Waals surface area (Å²) in [7, 11) is -2.67. The zero-order valence-electron chi connectivity index (χ0n) is 29.4. The van der Waals surface area contributed by atoms with Gasteiger partial charge in [0.25, 0.3) is 5.91 Å². The van der Waals surface area contributed by atoms with Gasteiger partial charge in [0.2, 0.25) is 5.91 Å². The van der Waals surface area contributed by atoms with Crippen molar-refractivity contribution in [2.24, 2.45) is 11.3 Å². The normalized spacial score (nSPS) is 32.3. The lowest BCUT2D eigenvalue weighted by Crippen LogP contribution is -2.54. The minimum Gasteiger partial charge on any atom is -0.490 e. The van der Waals surface area contributed by atoms with Crippen LogP contribution in [0.15, 0.2) is 48.6 Å². The molecule has 2 bridgehead atoms. The first-order chi connectivity index (χ1) is 24.2. The van der Waals surface area contributed by atoms with Crippen LogP contribution in [-0.2, 0) is 37.2 Å². The Bertz CT molecular complexity index is 1830. The third-order valence-electron chi connectivity index (χ3n) is 12.2. The van der Waals surface area contributed by atoms with Gasteiger partial charge in [-0.3, -0.25) is 9.59 Å². The second-order valence-electron chi connectivity index (χ2n) is 15.7. The van der Waals surface area contributed by atoms with Crippen molar-refractivity contribution < 1.29 is 33.0 Å². The predicted octanol–water partition coefficient (Wildman–Crippen LogP) is 4.04. The van der Waals surface area contributed by atoms with E-state index in [0.717, 1.165) is 32.1 Å². The van der Waals surface area contributed by atoms with Crippen molar-refractivity contribution in [3.8, 4) is 5.75 Å². The molecule has 276 valence electrons. The number of amides is 2. The molecule has 1 saturated carbocycles. The van der Waals surface area contributed by atoms with Crippen molar-refractivity contribution >= 4 is 39.3 Å². The molecule has 13 heteroatoms. The molecule has 3 aliphatic heterocycles. The summed E-state index contributed by atoms with van der Waals surface area (Å²) in [5.41, 5.74) is -0.0381. The lowest BCUT2D eigenvalue weighted by Gasteiger charge is -2.52. The van der Waals surface area contributed by atoms with Crippen molar-refractivity contribution in [1.29, 1.82) is 0 Å². The van der Waals surface area contributed by atoms with Crippen LogP contribution >= 0.6 is 11.6 Å². The van der Waals surface area contributed by atoms with Gasteiger partial charge in [-0.15, -0.1) is 0 Å². The van der Waals surface area contributed by atoms with E-state index < -0.39 is 40.1 Å². The Morgan fingerprint density at radius 2 is 1.84 bits per heavy atom. The Morgan fingerprint density at radius 3 is 2.59 bits per heavy atom. The number of anilines is 1. The molecule has 7 rings (SSSR count). The predicted molar refractivity (Wildman–Crippen MR) is 195 cm³/mol. The van der Waals surface area contributed by atoms with Crippen molar-refractivity contribution in [1.82, 2.24) is 13.9 Å². The lowest BCUT2D eigenvalue weighted by atomic mass is 9.58. The first-order valence-electron chi connectivity index (χ1n) is 18.2. The van der Waals surface area contributed by atoms with Crippen molar-refractivity contribution in [3.05, 3.63) is 70.3 Å². The van der Waals surface area contributed by atoms with Gasteiger partial charge in [0.1, 0.15) is 5.75 Å². The number of nitrogens with zero attached hydrogens (tertiary/aromatic N) is 3. The van der Waals surface area contributed by atoms with Gasteiger partial charge < -0.3 is 24.7 Å². The summed E-state index contributed by atoms with van der Waals surface area (Å²) in [5.74, 6) is -1.14. The zero-order chi connectivity index (χ0) is 36.2. The molecule has 3 heterocycles. The number of aliphatic hydroxyl groups is 2. The van der Waals surface area contributed by atoms with Crippen LogP contribution in [0.25, 0.3) is 0 Å². The number of carbonyl (C=O) groups excluding carboxylic acids is 2. The number of hydrogen-bond donors (Lipinski definition) is 3. The SMILES string of the molecule is CN1CC/C=C/[C@H](O)[C@@H]2CCC2(C)CN2C[C@@]3(CCCc4cc(Cl)ccc43)COc3ccc(cc32)[C@@](O)(C(=O)NS(=O)(=O)N2CCCC2)CC1=O. The number of hydrogen-bond acceptors (Lipinski definition) is 8. The molecule has 0 aromatic heterocycles. The minimum atomic E-state index is -4.26. The van der Waals surface area contributed by atoms with Gasteiger partial charge in [-0.2, -0.15) is 12.7 Å². The van der Waals surface area contributed by atoms with Crippen LogP contribution in [-0.4, -0.2) is 92.1 Å². The molecule has 5 aliphatic rings. The average molecular weight is 741 g/mol. The Hall–Kier alpha value is -3.16. The number of rotatable bonds is 3. The van der Waals surface area contributed by atoms with Crippen LogP contribution in [0.2, 0.25) is 5.02 Å². The van der Waals surface area contributed by atoms with Crippen LogP contribution in [0.3, 0.4) is 0 Å². The summed E-state index contributed by atoms with van der Waals surface area (Å²) < 4.78 is 36.5. The summed E-state index contributed by atoms with van der Waals surface area (Å²) in [6.45, 7) is 4.58. The van der Waals surface area contributed by atoms with E-state index in [9.17, 15) is 28.2 Å². The highest BCUT2D eigenvalue weighted by molar-refractivity contribution is 7.87. The first-order valence-corrected chi connectivity index (χ1v) is 20.0. The fraction of sp³-hybridized carbons (Fsp3) is 0.579. The molecule has 1 saturated heterocycles. The third-order valence-corrected chi connectivity index (χ3v) is 13.9. The fourth-order valence-corrected chi connectivity index (χ4v) is 10.5. The van der Waals surface area contributed by atoms with E-state index in [2.05, 4.69) is 22.6 Å². The van der Waals surface area contributed by atoms with E-state index in [0.29, 0.717) is 55.4 Å². The number of nitrogens with one attached hydrogen (secondary N) is 1. The summed E-state index contributed by atoms with van der Waals surface area (Å²) in [4.78, 5) is 31.4. The van der Waals surface area contributed by atoms with Crippen molar-refractivity contribution in [2.75, 3.05) is 51.3 Å². The minimum absolute atomic E-state index is 0.00345. The summed E-state index contributed by atoms with van der Waals surface area (Å²) in [5, 5.41) is 24.4. The lowest BCUT2D eigenvalue weighted by molar-refractivity contribution is -0.148. The molecule has 1 spiro atoms. The molecule has 2 aromatic rings. The Labute approximate surface area is 305 Å². The number of aliphatic hydroxyl groups excluding tert-OH is 1. The van der Waals surface area contributed by atoms with Crippen molar-refractivity contribution in [2.45, 2.75) is 81.8 Å².